The lowest BCUT2D eigenvalue weighted by molar-refractivity contribution is 0.241. The molecule has 90 valence electrons. The van der Waals surface area contributed by atoms with Gasteiger partial charge < -0.3 is 10.5 Å². The third-order valence-electron chi connectivity index (χ3n) is 1.90. The van der Waals surface area contributed by atoms with Crippen LogP contribution in [0.4, 0.5) is 5.95 Å². The Morgan fingerprint density at radius 3 is 2.76 bits per heavy atom. The largest absolute Gasteiger partial charge is 0.489 e. The van der Waals surface area contributed by atoms with Crippen LogP contribution in [-0.4, -0.2) is 25.9 Å². The number of anilines is 1. The summed E-state index contributed by atoms with van der Waals surface area (Å²) in [7, 11) is 0. The zero-order valence-electron chi connectivity index (χ0n) is 9.46. The Balaban J connectivity index is 2.36. The van der Waals surface area contributed by atoms with Crippen LogP contribution in [0.3, 0.4) is 0 Å². The first kappa shape index (κ1) is 11.8. The highest BCUT2D eigenvalue weighted by molar-refractivity contribution is 9.10. The number of nitrogens with two attached hydrogens (primary N) is 1. The zero-order chi connectivity index (χ0) is 12.4. The first-order chi connectivity index (χ1) is 8.06. The van der Waals surface area contributed by atoms with E-state index in [0.29, 0.717) is 10.5 Å². The van der Waals surface area contributed by atoms with Crippen LogP contribution >= 0.6 is 15.9 Å². The van der Waals surface area contributed by atoms with E-state index < -0.39 is 0 Å². The second-order valence-corrected chi connectivity index (χ2v) is 4.41. The van der Waals surface area contributed by atoms with Gasteiger partial charge in [-0.15, -0.1) is 5.10 Å². The molecule has 2 aromatic rings. The van der Waals surface area contributed by atoms with E-state index in [9.17, 15) is 0 Å². The molecule has 0 spiro atoms. The van der Waals surface area contributed by atoms with E-state index in [4.69, 9.17) is 10.5 Å². The van der Waals surface area contributed by atoms with Gasteiger partial charge in [-0.2, -0.15) is 4.98 Å². The molecular weight excluding hydrogens is 286 g/mol. The molecule has 0 aliphatic heterocycles. The lowest BCUT2D eigenvalue weighted by Crippen LogP contribution is -2.07. The van der Waals surface area contributed by atoms with Gasteiger partial charge in [0, 0.05) is 6.07 Å². The molecule has 2 heterocycles. The molecule has 0 fully saturated rings. The molecule has 0 aliphatic rings. The highest BCUT2D eigenvalue weighted by Gasteiger charge is 2.08. The summed E-state index contributed by atoms with van der Waals surface area (Å²) in [5.74, 6) is 0.880. The van der Waals surface area contributed by atoms with Crippen LogP contribution in [0.5, 0.6) is 5.75 Å². The third-order valence-corrected chi connectivity index (χ3v) is 2.41. The Kier molecular flexibility index (Phi) is 3.28. The van der Waals surface area contributed by atoms with Gasteiger partial charge in [0.05, 0.1) is 24.2 Å². The van der Waals surface area contributed by atoms with Crippen LogP contribution in [0.25, 0.3) is 5.69 Å². The normalized spacial score (nSPS) is 10.8. The van der Waals surface area contributed by atoms with Crippen molar-refractivity contribution in [2.45, 2.75) is 20.0 Å². The third kappa shape index (κ3) is 2.73. The summed E-state index contributed by atoms with van der Waals surface area (Å²) in [6.45, 7) is 3.91. The maximum absolute atomic E-state index is 5.55. The van der Waals surface area contributed by atoms with Crippen molar-refractivity contribution in [2.75, 3.05) is 5.73 Å². The van der Waals surface area contributed by atoms with E-state index in [1.807, 2.05) is 19.9 Å². The Morgan fingerprint density at radius 2 is 2.18 bits per heavy atom. The average molecular weight is 298 g/mol. The molecule has 0 saturated carbocycles. The standard InChI is InChI=1S/C10H12BrN5O/c1-6(2)17-8-3-7(4-13-5-8)16-9(11)14-10(12)15-16/h3-6H,1-2H3,(H2,12,15). The number of ether oxygens (including phenoxy) is 1. The molecule has 2 rings (SSSR count). The van der Waals surface area contributed by atoms with Gasteiger partial charge in [0.25, 0.3) is 0 Å². The number of nitrogens with zero attached hydrogens (tertiary/aromatic N) is 4. The van der Waals surface area contributed by atoms with Crippen molar-refractivity contribution < 1.29 is 4.74 Å². The number of hydrogen-bond acceptors (Lipinski definition) is 5. The molecule has 0 bridgehead atoms. The van der Waals surface area contributed by atoms with Crippen molar-refractivity contribution in [1.82, 2.24) is 19.7 Å². The van der Waals surface area contributed by atoms with Crippen LogP contribution in [-0.2, 0) is 0 Å². The van der Waals surface area contributed by atoms with Gasteiger partial charge in [-0.3, -0.25) is 4.98 Å². The molecule has 6 nitrogen and oxygen atoms in total. The minimum atomic E-state index is 0.0938. The number of rotatable bonds is 3. The molecular formula is C10H12BrN5O. The van der Waals surface area contributed by atoms with Gasteiger partial charge in [-0.25, -0.2) is 4.68 Å². The molecule has 0 aromatic carbocycles. The summed E-state index contributed by atoms with van der Waals surface area (Å²) in [5, 5.41) is 4.04. The quantitative estimate of drug-likeness (QED) is 0.934. The number of nitrogen functional groups attached to an aromatic ring is 1. The minimum absolute atomic E-state index is 0.0938. The zero-order valence-corrected chi connectivity index (χ0v) is 11.0. The molecule has 2 aromatic heterocycles. The van der Waals surface area contributed by atoms with Crippen molar-refractivity contribution in [1.29, 1.82) is 0 Å². The molecule has 0 saturated heterocycles. The maximum Gasteiger partial charge on any atom is 0.240 e. The van der Waals surface area contributed by atoms with E-state index in [1.54, 1.807) is 17.1 Å². The highest BCUT2D eigenvalue weighted by atomic mass is 79.9. The highest BCUT2D eigenvalue weighted by Crippen LogP contribution is 2.19. The fourth-order valence-corrected chi connectivity index (χ4v) is 1.80. The van der Waals surface area contributed by atoms with Crippen LogP contribution < -0.4 is 10.5 Å². The van der Waals surface area contributed by atoms with E-state index in [0.717, 1.165) is 5.69 Å². The van der Waals surface area contributed by atoms with Crippen molar-refractivity contribution in [3.8, 4) is 11.4 Å². The number of hydrogen-bond donors (Lipinski definition) is 1. The fraction of sp³-hybridized carbons (Fsp3) is 0.300. The molecule has 0 aliphatic carbocycles. The summed E-state index contributed by atoms with van der Waals surface area (Å²) in [4.78, 5) is 8.04. The van der Waals surface area contributed by atoms with Gasteiger partial charge in [-0.05, 0) is 29.8 Å². The first-order valence-electron chi connectivity index (χ1n) is 5.06. The summed E-state index contributed by atoms with van der Waals surface area (Å²) in [5.41, 5.74) is 6.25. The lowest BCUT2D eigenvalue weighted by Gasteiger charge is -2.10. The molecule has 2 N–H and O–H groups in total. The van der Waals surface area contributed by atoms with Crippen molar-refractivity contribution in [3.05, 3.63) is 23.2 Å². The number of halogens is 1. The van der Waals surface area contributed by atoms with E-state index >= 15 is 0 Å². The molecule has 0 amide bonds. The molecule has 0 radical (unpaired) electrons. The summed E-state index contributed by atoms with van der Waals surface area (Å²) >= 11 is 3.27. The molecule has 0 unspecified atom stereocenters. The maximum atomic E-state index is 5.55. The minimum Gasteiger partial charge on any atom is -0.489 e. The smallest absolute Gasteiger partial charge is 0.240 e. The van der Waals surface area contributed by atoms with Crippen molar-refractivity contribution in [3.63, 3.8) is 0 Å². The predicted octanol–water partition coefficient (Wildman–Crippen LogP) is 1.79. The molecule has 0 atom stereocenters. The van der Waals surface area contributed by atoms with Gasteiger partial charge in [0.2, 0.25) is 10.7 Å². The Bertz CT molecular complexity index is 525. The van der Waals surface area contributed by atoms with E-state index in [-0.39, 0.29) is 12.1 Å². The molecule has 17 heavy (non-hydrogen) atoms. The van der Waals surface area contributed by atoms with Crippen LogP contribution in [0, 0.1) is 0 Å². The number of aromatic nitrogens is 4. The van der Waals surface area contributed by atoms with Gasteiger partial charge in [-0.1, -0.05) is 0 Å². The number of pyridine rings is 1. The second kappa shape index (κ2) is 4.70. The second-order valence-electron chi connectivity index (χ2n) is 3.70. The van der Waals surface area contributed by atoms with Gasteiger partial charge in [0.15, 0.2) is 0 Å². The van der Waals surface area contributed by atoms with Crippen molar-refractivity contribution >= 4 is 21.9 Å². The van der Waals surface area contributed by atoms with Crippen LogP contribution in [0.15, 0.2) is 23.2 Å². The average Bonchev–Trinajstić information content (AvgIpc) is 2.57. The summed E-state index contributed by atoms with van der Waals surface area (Å²) in [6, 6.07) is 1.83. The summed E-state index contributed by atoms with van der Waals surface area (Å²) < 4.78 is 7.63. The predicted molar refractivity (Wildman–Crippen MR) is 67.0 cm³/mol. The fourth-order valence-electron chi connectivity index (χ4n) is 1.33. The summed E-state index contributed by atoms with van der Waals surface area (Å²) in [6.07, 6.45) is 3.40. The van der Waals surface area contributed by atoms with Crippen LogP contribution in [0.1, 0.15) is 13.8 Å². The Morgan fingerprint density at radius 1 is 1.41 bits per heavy atom. The first-order valence-corrected chi connectivity index (χ1v) is 5.85. The lowest BCUT2D eigenvalue weighted by atomic mass is 10.4. The van der Waals surface area contributed by atoms with Gasteiger partial charge >= 0.3 is 0 Å². The van der Waals surface area contributed by atoms with E-state index in [2.05, 4.69) is 31.0 Å². The van der Waals surface area contributed by atoms with Crippen LogP contribution in [0.2, 0.25) is 0 Å². The topological polar surface area (TPSA) is 78.8 Å². The van der Waals surface area contributed by atoms with E-state index in [1.165, 1.54) is 0 Å². The monoisotopic (exact) mass is 297 g/mol. The SMILES string of the molecule is CC(C)Oc1cncc(-n2nc(N)nc2Br)c1. The Labute approximate surface area is 107 Å². The molecule has 7 heteroatoms. The van der Waals surface area contributed by atoms with Gasteiger partial charge in [0.1, 0.15) is 5.75 Å². The Hall–Kier alpha value is -1.63. The van der Waals surface area contributed by atoms with Crippen molar-refractivity contribution in [2.24, 2.45) is 0 Å².